The van der Waals surface area contributed by atoms with Crippen molar-refractivity contribution in [3.63, 3.8) is 0 Å². The Morgan fingerprint density at radius 3 is 2.40 bits per heavy atom. The maximum atomic E-state index is 11.8. The summed E-state index contributed by atoms with van der Waals surface area (Å²) in [5, 5.41) is 4.85. The number of halogens is 3. The first-order chi connectivity index (χ1) is 4.61. The lowest BCUT2D eigenvalue weighted by molar-refractivity contribution is -0.156. The number of hydrogen-bond acceptors (Lipinski definition) is 2. The number of alkyl halides is 3. The lowest BCUT2D eigenvalue weighted by atomic mass is 10.2. The molecule has 1 aliphatic heterocycles. The number of hydrogen-bond donors (Lipinski definition) is 2. The topological polar surface area (TPSA) is 24.1 Å². The van der Waals surface area contributed by atoms with Gasteiger partial charge >= 0.3 is 6.18 Å². The highest BCUT2D eigenvalue weighted by molar-refractivity contribution is 4.86. The molecule has 0 amide bonds. The van der Waals surface area contributed by atoms with Crippen molar-refractivity contribution in [2.24, 2.45) is 0 Å². The second-order valence-electron chi connectivity index (χ2n) is 2.11. The molecule has 5 heteroatoms. The van der Waals surface area contributed by atoms with Gasteiger partial charge in [0.2, 0.25) is 0 Å². The molecule has 1 heterocycles. The van der Waals surface area contributed by atoms with Gasteiger partial charge in [0, 0.05) is 19.6 Å². The van der Waals surface area contributed by atoms with Crippen LogP contribution in [-0.2, 0) is 0 Å². The van der Waals surface area contributed by atoms with Crippen LogP contribution in [0.4, 0.5) is 13.2 Å². The number of piperazine rings is 1. The van der Waals surface area contributed by atoms with Crippen LogP contribution in [0.1, 0.15) is 0 Å². The van der Waals surface area contributed by atoms with Gasteiger partial charge in [0.05, 0.1) is 0 Å². The minimum absolute atomic E-state index is 0.0660. The molecule has 0 bridgehead atoms. The molecule has 1 saturated heterocycles. The first-order valence-electron chi connectivity index (χ1n) is 2.96. The van der Waals surface area contributed by atoms with E-state index >= 15 is 0 Å². The van der Waals surface area contributed by atoms with Crippen LogP contribution in [0.3, 0.4) is 0 Å². The van der Waals surface area contributed by atoms with Gasteiger partial charge in [-0.3, -0.25) is 0 Å². The van der Waals surface area contributed by atoms with E-state index in [2.05, 4.69) is 10.6 Å². The minimum Gasteiger partial charge on any atom is -0.309 e. The third-order valence-corrected chi connectivity index (χ3v) is 1.33. The average Bonchev–Trinajstić information content (AvgIpc) is 1.88. The third-order valence-electron chi connectivity index (χ3n) is 1.33. The number of nitrogens with one attached hydrogen (secondary N) is 2. The predicted molar refractivity (Wildman–Crippen MR) is 30.1 cm³/mol. The predicted octanol–water partition coefficient (Wildman–Crippen LogP) is 0.272. The molecule has 1 atom stereocenters. The van der Waals surface area contributed by atoms with Crippen LogP contribution in [0.25, 0.3) is 0 Å². The Bertz CT molecular complexity index is 106. The highest BCUT2D eigenvalue weighted by Gasteiger charge is 2.39. The van der Waals surface area contributed by atoms with E-state index in [4.69, 9.17) is 0 Å². The molecule has 1 radical (unpaired) electrons. The van der Waals surface area contributed by atoms with E-state index in [1.54, 1.807) is 6.54 Å². The van der Waals surface area contributed by atoms with Crippen LogP contribution in [0, 0.1) is 6.54 Å². The highest BCUT2D eigenvalue weighted by Crippen LogP contribution is 2.20. The lowest BCUT2D eigenvalue weighted by Crippen LogP contribution is -2.53. The van der Waals surface area contributed by atoms with Gasteiger partial charge in [0.25, 0.3) is 0 Å². The molecule has 0 aromatic carbocycles. The van der Waals surface area contributed by atoms with E-state index in [9.17, 15) is 13.2 Å². The molecule has 0 saturated carbocycles. The van der Waals surface area contributed by atoms with Gasteiger partial charge in [-0.15, -0.1) is 0 Å². The monoisotopic (exact) mass is 153 g/mol. The zero-order valence-corrected chi connectivity index (χ0v) is 5.20. The standard InChI is InChI=1S/C5H8F3N2/c6-5(7,8)4-3-9-1-2-10-4/h1,4,9-10H,2-3H2. The molecule has 1 aliphatic rings. The van der Waals surface area contributed by atoms with Crippen molar-refractivity contribution in [1.29, 1.82) is 0 Å². The van der Waals surface area contributed by atoms with E-state index in [0.717, 1.165) is 0 Å². The molecule has 0 aromatic heterocycles. The molecule has 0 aliphatic carbocycles. The van der Waals surface area contributed by atoms with Gasteiger partial charge in [-0.25, -0.2) is 0 Å². The second-order valence-corrected chi connectivity index (χ2v) is 2.11. The summed E-state index contributed by atoms with van der Waals surface area (Å²) in [5.41, 5.74) is 0. The van der Waals surface area contributed by atoms with Gasteiger partial charge in [-0.1, -0.05) is 0 Å². The third kappa shape index (κ3) is 1.85. The van der Waals surface area contributed by atoms with Gasteiger partial charge in [0.15, 0.2) is 0 Å². The summed E-state index contributed by atoms with van der Waals surface area (Å²) in [6.07, 6.45) is -4.12. The van der Waals surface area contributed by atoms with Crippen molar-refractivity contribution < 1.29 is 13.2 Å². The molecule has 0 spiro atoms. The molecule has 0 aromatic rings. The summed E-state index contributed by atoms with van der Waals surface area (Å²) >= 11 is 0. The maximum Gasteiger partial charge on any atom is 0.405 e. The first kappa shape index (κ1) is 7.81. The van der Waals surface area contributed by atoms with Crippen molar-refractivity contribution in [2.75, 3.05) is 13.1 Å². The zero-order valence-electron chi connectivity index (χ0n) is 5.20. The molecule has 2 N–H and O–H groups in total. The first-order valence-corrected chi connectivity index (χ1v) is 2.96. The molecule has 10 heavy (non-hydrogen) atoms. The Morgan fingerprint density at radius 2 is 2.10 bits per heavy atom. The summed E-state index contributed by atoms with van der Waals surface area (Å²) in [5.74, 6) is 0. The zero-order chi connectivity index (χ0) is 7.61. The molecular formula is C5H8F3N2. The minimum atomic E-state index is -4.12. The Hall–Kier alpha value is -0.290. The molecule has 59 valence electrons. The van der Waals surface area contributed by atoms with Crippen molar-refractivity contribution >= 4 is 0 Å². The SMILES string of the molecule is FC(F)(F)C1CN[CH]CN1. The summed E-state index contributed by atoms with van der Waals surface area (Å²) in [4.78, 5) is 0. The lowest BCUT2D eigenvalue weighted by Gasteiger charge is -2.25. The molecule has 1 rings (SSSR count). The van der Waals surface area contributed by atoms with Crippen molar-refractivity contribution in [3.05, 3.63) is 6.54 Å². The van der Waals surface area contributed by atoms with Crippen molar-refractivity contribution in [2.45, 2.75) is 12.2 Å². The van der Waals surface area contributed by atoms with Crippen LogP contribution in [0.2, 0.25) is 0 Å². The fourth-order valence-corrected chi connectivity index (χ4v) is 0.778. The van der Waals surface area contributed by atoms with Crippen molar-refractivity contribution in [3.8, 4) is 0 Å². The van der Waals surface area contributed by atoms with E-state index in [1.807, 2.05) is 0 Å². The number of rotatable bonds is 0. The largest absolute Gasteiger partial charge is 0.405 e. The Kier molecular flexibility index (Phi) is 2.15. The van der Waals surface area contributed by atoms with E-state index in [-0.39, 0.29) is 13.1 Å². The molecule has 1 unspecified atom stereocenters. The molecular weight excluding hydrogens is 145 g/mol. The fourth-order valence-electron chi connectivity index (χ4n) is 0.778. The normalized spacial score (nSPS) is 28.5. The summed E-state index contributed by atoms with van der Waals surface area (Å²) in [7, 11) is 0. The summed E-state index contributed by atoms with van der Waals surface area (Å²) < 4.78 is 35.5. The average molecular weight is 153 g/mol. The van der Waals surface area contributed by atoms with Gasteiger partial charge in [0.1, 0.15) is 6.04 Å². The summed E-state index contributed by atoms with van der Waals surface area (Å²) in [6, 6.07) is -1.39. The maximum absolute atomic E-state index is 11.8. The van der Waals surface area contributed by atoms with Crippen LogP contribution in [0.5, 0.6) is 0 Å². The van der Waals surface area contributed by atoms with Crippen LogP contribution in [0.15, 0.2) is 0 Å². The van der Waals surface area contributed by atoms with E-state index in [0.29, 0.717) is 0 Å². The summed E-state index contributed by atoms with van der Waals surface area (Å²) in [6.45, 7) is 1.77. The Morgan fingerprint density at radius 1 is 1.40 bits per heavy atom. The van der Waals surface area contributed by atoms with Crippen LogP contribution in [-0.4, -0.2) is 25.3 Å². The highest BCUT2D eigenvalue weighted by atomic mass is 19.4. The van der Waals surface area contributed by atoms with Gasteiger partial charge < -0.3 is 10.6 Å². The fraction of sp³-hybridized carbons (Fsp3) is 0.800. The van der Waals surface area contributed by atoms with E-state index < -0.39 is 12.2 Å². The smallest absolute Gasteiger partial charge is 0.309 e. The van der Waals surface area contributed by atoms with E-state index in [1.165, 1.54) is 0 Å². The van der Waals surface area contributed by atoms with Crippen LogP contribution < -0.4 is 10.6 Å². The van der Waals surface area contributed by atoms with Gasteiger partial charge in [-0.05, 0) is 0 Å². The van der Waals surface area contributed by atoms with Gasteiger partial charge in [-0.2, -0.15) is 13.2 Å². The van der Waals surface area contributed by atoms with Crippen molar-refractivity contribution in [1.82, 2.24) is 10.6 Å². The molecule has 2 nitrogen and oxygen atoms in total. The van der Waals surface area contributed by atoms with Crippen LogP contribution >= 0.6 is 0 Å². The second kappa shape index (κ2) is 2.75. The Balaban J connectivity index is 2.39. The molecule has 1 fully saturated rings. The quantitative estimate of drug-likeness (QED) is 0.522. The Labute approximate surface area is 56.8 Å².